The van der Waals surface area contributed by atoms with Crippen LogP contribution in [0.4, 0.5) is 0 Å². The molecule has 1 rings (SSSR count). The molecular weight excluding hydrogens is 212 g/mol. The first-order valence-corrected chi connectivity index (χ1v) is 7.25. The lowest BCUT2D eigenvalue weighted by Crippen LogP contribution is -2.42. The topological polar surface area (TPSA) is 24.5 Å². The van der Waals surface area contributed by atoms with Crippen molar-refractivity contribution in [2.45, 2.75) is 46.1 Å². The number of hydrogen-bond acceptors (Lipinski definition) is 3. The van der Waals surface area contributed by atoms with E-state index in [1.165, 1.54) is 32.5 Å². The summed E-state index contributed by atoms with van der Waals surface area (Å²) >= 11 is 0. The number of hydrogen-bond donors (Lipinski definition) is 1. The molecule has 0 aromatic carbocycles. The summed E-state index contributed by atoms with van der Waals surface area (Å²) in [6.45, 7) is 13.4. The van der Waals surface area contributed by atoms with Gasteiger partial charge in [-0.3, -0.25) is 0 Å². The van der Waals surface area contributed by atoms with E-state index in [9.17, 15) is 0 Å². The Balaban J connectivity index is 2.16. The van der Waals surface area contributed by atoms with E-state index in [0.29, 0.717) is 6.04 Å². The SMILES string of the molecule is CCCOCCCN1CCC(C)NCC(C)C1. The highest BCUT2D eigenvalue weighted by molar-refractivity contribution is 4.73. The molecule has 1 saturated heterocycles. The number of nitrogens with one attached hydrogen (secondary N) is 1. The molecule has 1 N–H and O–H groups in total. The standard InChI is InChI=1S/C14H30N2O/c1-4-9-17-10-5-7-16-8-6-14(3)15-11-13(2)12-16/h13-15H,4-12H2,1-3H3. The van der Waals surface area contributed by atoms with Gasteiger partial charge in [0.2, 0.25) is 0 Å². The van der Waals surface area contributed by atoms with Gasteiger partial charge < -0.3 is 15.0 Å². The van der Waals surface area contributed by atoms with Gasteiger partial charge in [-0.25, -0.2) is 0 Å². The normalized spacial score (nSPS) is 27.7. The largest absolute Gasteiger partial charge is 0.381 e. The quantitative estimate of drug-likeness (QED) is 0.722. The first kappa shape index (κ1) is 14.9. The van der Waals surface area contributed by atoms with E-state index in [2.05, 4.69) is 31.0 Å². The van der Waals surface area contributed by atoms with Gasteiger partial charge in [0.05, 0.1) is 0 Å². The van der Waals surface area contributed by atoms with Crippen LogP contribution in [0.15, 0.2) is 0 Å². The molecule has 2 atom stereocenters. The zero-order valence-corrected chi connectivity index (χ0v) is 11.9. The van der Waals surface area contributed by atoms with Crippen molar-refractivity contribution < 1.29 is 4.74 Å². The Hall–Kier alpha value is -0.120. The molecule has 0 radical (unpaired) electrons. The molecule has 0 aliphatic carbocycles. The highest BCUT2D eigenvalue weighted by atomic mass is 16.5. The fourth-order valence-corrected chi connectivity index (χ4v) is 2.32. The van der Waals surface area contributed by atoms with Gasteiger partial charge in [-0.2, -0.15) is 0 Å². The third kappa shape index (κ3) is 7.02. The smallest absolute Gasteiger partial charge is 0.0478 e. The molecule has 3 heteroatoms. The van der Waals surface area contributed by atoms with Crippen molar-refractivity contribution in [3.05, 3.63) is 0 Å². The summed E-state index contributed by atoms with van der Waals surface area (Å²) in [6.07, 6.45) is 3.57. The van der Waals surface area contributed by atoms with Crippen molar-refractivity contribution in [2.75, 3.05) is 39.4 Å². The van der Waals surface area contributed by atoms with Gasteiger partial charge in [-0.15, -0.1) is 0 Å². The Bertz CT molecular complexity index is 187. The number of nitrogens with zero attached hydrogens (tertiary/aromatic N) is 1. The lowest BCUT2D eigenvalue weighted by atomic mass is 10.1. The predicted molar refractivity (Wildman–Crippen MR) is 73.4 cm³/mol. The molecule has 0 amide bonds. The molecule has 1 heterocycles. The molecular formula is C14H30N2O. The highest BCUT2D eigenvalue weighted by Gasteiger charge is 2.15. The average molecular weight is 242 g/mol. The molecule has 102 valence electrons. The van der Waals surface area contributed by atoms with Crippen molar-refractivity contribution >= 4 is 0 Å². The fraction of sp³-hybridized carbons (Fsp3) is 1.00. The van der Waals surface area contributed by atoms with Crippen LogP contribution in [0.5, 0.6) is 0 Å². The zero-order chi connectivity index (χ0) is 12.5. The van der Waals surface area contributed by atoms with Gasteiger partial charge in [-0.05, 0) is 45.2 Å². The van der Waals surface area contributed by atoms with E-state index in [0.717, 1.165) is 32.1 Å². The Kier molecular flexibility index (Phi) is 7.82. The van der Waals surface area contributed by atoms with Crippen LogP contribution in [0.25, 0.3) is 0 Å². The minimum atomic E-state index is 0.664. The first-order chi connectivity index (χ1) is 8.22. The van der Waals surface area contributed by atoms with Gasteiger partial charge in [0.1, 0.15) is 0 Å². The molecule has 1 aliphatic rings. The van der Waals surface area contributed by atoms with Crippen LogP contribution in [-0.2, 0) is 4.74 Å². The lowest BCUT2D eigenvalue weighted by Gasteiger charge is -2.31. The lowest BCUT2D eigenvalue weighted by molar-refractivity contribution is 0.115. The van der Waals surface area contributed by atoms with Gasteiger partial charge in [-0.1, -0.05) is 13.8 Å². The first-order valence-electron chi connectivity index (χ1n) is 7.25. The van der Waals surface area contributed by atoms with E-state index in [1.807, 2.05) is 0 Å². The van der Waals surface area contributed by atoms with Crippen LogP contribution in [0.1, 0.15) is 40.0 Å². The monoisotopic (exact) mass is 242 g/mol. The minimum absolute atomic E-state index is 0.664. The molecule has 0 bridgehead atoms. The Morgan fingerprint density at radius 3 is 2.88 bits per heavy atom. The summed E-state index contributed by atoms with van der Waals surface area (Å²) in [5.41, 5.74) is 0. The molecule has 0 aromatic rings. The minimum Gasteiger partial charge on any atom is -0.381 e. The van der Waals surface area contributed by atoms with Gasteiger partial charge in [0, 0.05) is 32.3 Å². The van der Waals surface area contributed by atoms with Crippen molar-refractivity contribution in [3.8, 4) is 0 Å². The van der Waals surface area contributed by atoms with E-state index < -0.39 is 0 Å². The second-order valence-corrected chi connectivity index (χ2v) is 5.47. The summed E-state index contributed by atoms with van der Waals surface area (Å²) in [7, 11) is 0. The third-order valence-corrected chi connectivity index (χ3v) is 3.37. The van der Waals surface area contributed by atoms with Gasteiger partial charge in [0.15, 0.2) is 0 Å². The number of ether oxygens (including phenoxy) is 1. The maximum atomic E-state index is 5.54. The summed E-state index contributed by atoms with van der Waals surface area (Å²) in [5, 5.41) is 3.59. The Morgan fingerprint density at radius 2 is 2.12 bits per heavy atom. The van der Waals surface area contributed by atoms with E-state index in [-0.39, 0.29) is 0 Å². The second-order valence-electron chi connectivity index (χ2n) is 5.47. The summed E-state index contributed by atoms with van der Waals surface area (Å²) in [6, 6.07) is 0.664. The molecule has 17 heavy (non-hydrogen) atoms. The molecule has 0 aromatic heterocycles. The van der Waals surface area contributed by atoms with Crippen molar-refractivity contribution in [1.29, 1.82) is 0 Å². The highest BCUT2D eigenvalue weighted by Crippen LogP contribution is 2.07. The van der Waals surface area contributed by atoms with Crippen molar-refractivity contribution in [1.82, 2.24) is 10.2 Å². The van der Waals surface area contributed by atoms with Crippen molar-refractivity contribution in [2.24, 2.45) is 5.92 Å². The third-order valence-electron chi connectivity index (χ3n) is 3.37. The summed E-state index contributed by atoms with van der Waals surface area (Å²) in [5.74, 6) is 0.759. The second kappa shape index (κ2) is 8.90. The van der Waals surface area contributed by atoms with Gasteiger partial charge in [0.25, 0.3) is 0 Å². The van der Waals surface area contributed by atoms with Crippen molar-refractivity contribution in [3.63, 3.8) is 0 Å². The van der Waals surface area contributed by atoms with Crippen LogP contribution >= 0.6 is 0 Å². The fourth-order valence-electron chi connectivity index (χ4n) is 2.32. The van der Waals surface area contributed by atoms with Crippen LogP contribution in [0.3, 0.4) is 0 Å². The summed E-state index contributed by atoms with van der Waals surface area (Å²) < 4.78 is 5.54. The van der Waals surface area contributed by atoms with Gasteiger partial charge >= 0.3 is 0 Å². The van der Waals surface area contributed by atoms with E-state index in [1.54, 1.807) is 0 Å². The maximum absolute atomic E-state index is 5.54. The predicted octanol–water partition coefficient (Wildman–Crippen LogP) is 2.12. The molecule has 0 spiro atoms. The Labute approximate surface area is 107 Å². The molecule has 1 aliphatic heterocycles. The summed E-state index contributed by atoms with van der Waals surface area (Å²) in [4.78, 5) is 2.61. The molecule has 0 saturated carbocycles. The number of rotatable bonds is 6. The maximum Gasteiger partial charge on any atom is 0.0478 e. The zero-order valence-electron chi connectivity index (χ0n) is 11.9. The molecule has 3 nitrogen and oxygen atoms in total. The Morgan fingerprint density at radius 1 is 1.29 bits per heavy atom. The van der Waals surface area contributed by atoms with E-state index >= 15 is 0 Å². The molecule has 2 unspecified atom stereocenters. The van der Waals surface area contributed by atoms with E-state index in [4.69, 9.17) is 4.74 Å². The average Bonchev–Trinajstić information content (AvgIpc) is 2.31. The van der Waals surface area contributed by atoms with Crippen LogP contribution in [0, 0.1) is 5.92 Å². The van der Waals surface area contributed by atoms with Crippen LogP contribution < -0.4 is 5.32 Å². The molecule has 1 fully saturated rings. The van der Waals surface area contributed by atoms with Crippen LogP contribution in [0.2, 0.25) is 0 Å². The van der Waals surface area contributed by atoms with Crippen LogP contribution in [-0.4, -0.2) is 50.3 Å².